The predicted octanol–water partition coefficient (Wildman–Crippen LogP) is 4.28. The van der Waals surface area contributed by atoms with Crippen LogP contribution < -0.4 is 0 Å². The maximum Gasteiger partial charge on any atom is 0.261 e. The fourth-order valence-electron chi connectivity index (χ4n) is 2.62. The highest BCUT2D eigenvalue weighted by Crippen LogP contribution is 2.27. The molecule has 0 saturated heterocycles. The van der Waals surface area contributed by atoms with Gasteiger partial charge in [-0.2, -0.15) is 10.1 Å². The van der Waals surface area contributed by atoms with E-state index in [1.165, 1.54) is 31.4 Å². The van der Waals surface area contributed by atoms with E-state index >= 15 is 0 Å². The van der Waals surface area contributed by atoms with Gasteiger partial charge in [0.1, 0.15) is 17.4 Å². The lowest BCUT2D eigenvalue weighted by atomic mass is 10.1. The zero-order chi connectivity index (χ0) is 20.9. The van der Waals surface area contributed by atoms with Gasteiger partial charge in [0, 0.05) is 30.3 Å². The summed E-state index contributed by atoms with van der Waals surface area (Å²) in [5, 5.41) is 20.5. The van der Waals surface area contributed by atoms with Crippen LogP contribution in [0.5, 0.6) is 5.75 Å². The molecule has 5 rings (SSSR count). The number of nitrogens with one attached hydrogen (secondary N) is 1. The van der Waals surface area contributed by atoms with Crippen molar-refractivity contribution in [3.63, 3.8) is 0 Å². The van der Waals surface area contributed by atoms with Gasteiger partial charge in [0.15, 0.2) is 11.6 Å². The van der Waals surface area contributed by atoms with Crippen LogP contribution in [0.15, 0.2) is 47.2 Å². The van der Waals surface area contributed by atoms with E-state index in [-0.39, 0.29) is 23.1 Å². The van der Waals surface area contributed by atoms with Gasteiger partial charge in [-0.1, -0.05) is 31.3 Å². The Morgan fingerprint density at radius 2 is 1.90 bits per heavy atom. The van der Waals surface area contributed by atoms with Gasteiger partial charge < -0.3 is 9.63 Å². The van der Waals surface area contributed by atoms with Gasteiger partial charge in [-0.25, -0.2) is 9.37 Å². The SMILES string of the molecule is C1CC1.CC(Cc1nc(-c2ccncc2)n[nH]1)c1noc(-c2cc(O)ccc2F)n1. The maximum atomic E-state index is 13.9. The molecule has 154 valence electrons. The van der Waals surface area contributed by atoms with Crippen molar-refractivity contribution >= 4 is 0 Å². The summed E-state index contributed by atoms with van der Waals surface area (Å²) in [6, 6.07) is 7.29. The van der Waals surface area contributed by atoms with E-state index in [0.29, 0.717) is 23.9 Å². The standard InChI is InChI=1S/C18H15FN6O2.C3H6/c1-10(8-15-21-17(24-23-15)11-4-6-20-7-5-11)16-22-18(27-25-16)13-9-12(26)2-3-14(13)19;1-2-3-1/h2-7,9-10,26H,8H2,1H3,(H,21,23,24);1-3H2. The number of aromatic amines is 1. The normalized spacial score (nSPS) is 13.4. The van der Waals surface area contributed by atoms with E-state index in [4.69, 9.17) is 4.52 Å². The van der Waals surface area contributed by atoms with Crippen molar-refractivity contribution in [1.82, 2.24) is 30.3 Å². The lowest BCUT2D eigenvalue weighted by Crippen LogP contribution is -2.02. The molecule has 2 N–H and O–H groups in total. The van der Waals surface area contributed by atoms with Gasteiger partial charge >= 0.3 is 0 Å². The van der Waals surface area contributed by atoms with Crippen LogP contribution in [0.25, 0.3) is 22.8 Å². The van der Waals surface area contributed by atoms with E-state index in [1.54, 1.807) is 12.4 Å². The highest BCUT2D eigenvalue weighted by molar-refractivity contribution is 5.56. The first-order chi connectivity index (χ1) is 14.6. The zero-order valence-electron chi connectivity index (χ0n) is 16.4. The average molecular weight is 408 g/mol. The number of rotatable bonds is 5. The highest BCUT2D eigenvalue weighted by Gasteiger charge is 2.19. The van der Waals surface area contributed by atoms with E-state index in [0.717, 1.165) is 11.6 Å². The number of phenols is 1. The summed E-state index contributed by atoms with van der Waals surface area (Å²) in [6.07, 6.45) is 8.35. The Morgan fingerprint density at radius 1 is 1.13 bits per heavy atom. The van der Waals surface area contributed by atoms with Crippen LogP contribution in [0.3, 0.4) is 0 Å². The largest absolute Gasteiger partial charge is 0.508 e. The van der Waals surface area contributed by atoms with Crippen LogP contribution in [-0.4, -0.2) is 35.4 Å². The number of H-pyrrole nitrogens is 1. The van der Waals surface area contributed by atoms with Crippen LogP contribution in [0, 0.1) is 5.82 Å². The molecule has 8 nitrogen and oxygen atoms in total. The number of halogens is 1. The van der Waals surface area contributed by atoms with Gasteiger partial charge in [0.05, 0.1) is 5.56 Å². The Kier molecular flexibility index (Phi) is 5.78. The summed E-state index contributed by atoms with van der Waals surface area (Å²) in [5.74, 6) is 0.910. The minimum absolute atomic E-state index is 0.0142. The van der Waals surface area contributed by atoms with Crippen LogP contribution in [0.4, 0.5) is 4.39 Å². The minimum atomic E-state index is -0.548. The van der Waals surface area contributed by atoms with Gasteiger partial charge in [-0.05, 0) is 30.3 Å². The van der Waals surface area contributed by atoms with Crippen molar-refractivity contribution in [2.75, 3.05) is 0 Å². The number of benzene rings is 1. The molecule has 9 heteroatoms. The van der Waals surface area contributed by atoms with E-state index in [1.807, 2.05) is 19.1 Å². The molecule has 1 unspecified atom stereocenters. The molecule has 3 heterocycles. The van der Waals surface area contributed by atoms with Crippen molar-refractivity contribution in [1.29, 1.82) is 0 Å². The van der Waals surface area contributed by atoms with Crippen LogP contribution in [0.1, 0.15) is 43.8 Å². The Labute approximate surface area is 172 Å². The first-order valence-corrected chi connectivity index (χ1v) is 9.74. The van der Waals surface area contributed by atoms with Crippen molar-refractivity contribution in [3.8, 4) is 28.6 Å². The van der Waals surface area contributed by atoms with Crippen LogP contribution >= 0.6 is 0 Å². The summed E-state index contributed by atoms with van der Waals surface area (Å²) in [4.78, 5) is 12.7. The lowest BCUT2D eigenvalue weighted by Gasteiger charge is -2.02. The Hall–Kier alpha value is -3.62. The van der Waals surface area contributed by atoms with Gasteiger partial charge in [-0.15, -0.1) is 0 Å². The number of pyridine rings is 1. The fourth-order valence-corrected chi connectivity index (χ4v) is 2.62. The third-order valence-electron chi connectivity index (χ3n) is 4.39. The van der Waals surface area contributed by atoms with E-state index < -0.39 is 5.82 Å². The molecule has 0 amide bonds. The smallest absolute Gasteiger partial charge is 0.261 e. The minimum Gasteiger partial charge on any atom is -0.508 e. The molecule has 1 aromatic carbocycles. The topological polar surface area (TPSA) is 114 Å². The molecule has 4 aromatic rings. The summed E-state index contributed by atoms with van der Waals surface area (Å²) in [7, 11) is 0. The number of aromatic nitrogens is 6. The second kappa shape index (κ2) is 8.81. The molecule has 30 heavy (non-hydrogen) atoms. The van der Waals surface area contributed by atoms with Crippen molar-refractivity contribution in [2.45, 2.75) is 38.5 Å². The molecule has 1 fully saturated rings. The predicted molar refractivity (Wildman–Crippen MR) is 107 cm³/mol. The van der Waals surface area contributed by atoms with Crippen LogP contribution in [0.2, 0.25) is 0 Å². The summed E-state index contributed by atoms with van der Waals surface area (Å²) in [5.41, 5.74) is 0.918. The van der Waals surface area contributed by atoms with Crippen molar-refractivity contribution in [3.05, 3.63) is 60.2 Å². The maximum absolute atomic E-state index is 13.9. The van der Waals surface area contributed by atoms with E-state index in [2.05, 4.69) is 30.3 Å². The Morgan fingerprint density at radius 3 is 2.63 bits per heavy atom. The molecule has 0 bridgehead atoms. The van der Waals surface area contributed by atoms with Gasteiger partial charge in [-0.3, -0.25) is 10.1 Å². The van der Waals surface area contributed by atoms with Crippen molar-refractivity contribution < 1.29 is 14.0 Å². The number of nitrogens with zero attached hydrogens (tertiary/aromatic N) is 5. The quantitative estimate of drug-likeness (QED) is 0.507. The molecular formula is C21H21FN6O2. The van der Waals surface area contributed by atoms with Crippen molar-refractivity contribution in [2.24, 2.45) is 0 Å². The van der Waals surface area contributed by atoms with E-state index in [9.17, 15) is 9.50 Å². The van der Waals surface area contributed by atoms with Gasteiger partial charge in [0.2, 0.25) is 0 Å². The number of aromatic hydroxyl groups is 1. The first kappa shape index (κ1) is 19.7. The Bertz CT molecular complexity index is 1110. The number of hydrogen-bond donors (Lipinski definition) is 2. The summed E-state index contributed by atoms with van der Waals surface area (Å²) in [6.45, 7) is 1.90. The molecule has 1 aliphatic carbocycles. The second-order valence-corrected chi connectivity index (χ2v) is 7.13. The molecule has 0 aliphatic heterocycles. The first-order valence-electron chi connectivity index (χ1n) is 9.74. The molecule has 0 radical (unpaired) electrons. The summed E-state index contributed by atoms with van der Waals surface area (Å²) >= 11 is 0. The Balaban J connectivity index is 0.000000667. The molecule has 0 spiro atoms. The molecule has 1 aliphatic rings. The highest BCUT2D eigenvalue weighted by atomic mass is 19.1. The number of phenolic OH excluding ortho intramolecular Hbond substituents is 1. The average Bonchev–Trinajstić information content (AvgIpc) is 3.43. The number of hydrogen-bond acceptors (Lipinski definition) is 7. The molecular weight excluding hydrogens is 387 g/mol. The second-order valence-electron chi connectivity index (χ2n) is 7.13. The summed E-state index contributed by atoms with van der Waals surface area (Å²) < 4.78 is 19.1. The lowest BCUT2D eigenvalue weighted by molar-refractivity contribution is 0.414. The third-order valence-corrected chi connectivity index (χ3v) is 4.39. The molecule has 1 atom stereocenters. The fraction of sp³-hybridized carbons (Fsp3) is 0.286. The third kappa shape index (κ3) is 4.86. The molecule has 3 aromatic heterocycles. The molecule has 1 saturated carbocycles. The monoisotopic (exact) mass is 408 g/mol. The van der Waals surface area contributed by atoms with Gasteiger partial charge in [0.25, 0.3) is 5.89 Å². The zero-order valence-corrected chi connectivity index (χ0v) is 16.4. The van der Waals surface area contributed by atoms with Crippen LogP contribution in [-0.2, 0) is 6.42 Å².